The standard InChI is InChI=1S/C21H35N5O.HI/c1-4-22-21(24-13-12-23-20(27)17(2)3)25-19-11-8-14-26(16-19)15-18-9-6-5-7-10-18;/h5-7,9-10,17,19H,4,8,11-16H2,1-3H3,(H,23,27)(H2,22,24,25);1H. The SMILES string of the molecule is CCNC(=NCCNC(=O)C(C)C)NC1CCCN(Cc2ccccc2)C1.I. The fraction of sp³-hybridized carbons (Fsp3) is 0.619. The van der Waals surface area contributed by atoms with Gasteiger partial charge in [-0.15, -0.1) is 24.0 Å². The molecule has 1 aromatic carbocycles. The summed E-state index contributed by atoms with van der Waals surface area (Å²) >= 11 is 0. The Morgan fingerprint density at radius 2 is 2.00 bits per heavy atom. The van der Waals surface area contributed by atoms with Gasteiger partial charge in [0.05, 0.1) is 6.54 Å². The topological polar surface area (TPSA) is 68.8 Å². The monoisotopic (exact) mass is 501 g/mol. The molecule has 1 aliphatic heterocycles. The lowest BCUT2D eigenvalue weighted by molar-refractivity contribution is -0.123. The van der Waals surface area contributed by atoms with Crippen LogP contribution in [-0.2, 0) is 11.3 Å². The smallest absolute Gasteiger partial charge is 0.222 e. The Kier molecular flexibility index (Phi) is 12.1. The van der Waals surface area contributed by atoms with Crippen molar-refractivity contribution in [3.05, 3.63) is 35.9 Å². The number of nitrogens with one attached hydrogen (secondary N) is 3. The van der Waals surface area contributed by atoms with Crippen LogP contribution in [0.5, 0.6) is 0 Å². The molecule has 6 nitrogen and oxygen atoms in total. The van der Waals surface area contributed by atoms with Gasteiger partial charge >= 0.3 is 0 Å². The van der Waals surface area contributed by atoms with Crippen molar-refractivity contribution in [2.45, 2.75) is 46.2 Å². The zero-order valence-corrected chi connectivity index (χ0v) is 19.7. The Bertz CT molecular complexity index is 594. The Morgan fingerprint density at radius 1 is 1.25 bits per heavy atom. The summed E-state index contributed by atoms with van der Waals surface area (Å²) in [5.41, 5.74) is 1.36. The molecule has 0 spiro atoms. The molecule has 1 fully saturated rings. The quantitative estimate of drug-likeness (QED) is 0.222. The van der Waals surface area contributed by atoms with Gasteiger partial charge in [-0.2, -0.15) is 0 Å². The molecule has 1 heterocycles. The first-order valence-electron chi connectivity index (χ1n) is 10.2. The molecule has 1 atom stereocenters. The number of carbonyl (C=O) groups excluding carboxylic acids is 1. The van der Waals surface area contributed by atoms with Gasteiger partial charge in [-0.05, 0) is 31.9 Å². The van der Waals surface area contributed by atoms with Gasteiger partial charge in [-0.25, -0.2) is 0 Å². The number of hydrogen-bond donors (Lipinski definition) is 3. The molecule has 1 aliphatic rings. The van der Waals surface area contributed by atoms with Crippen molar-refractivity contribution in [2.24, 2.45) is 10.9 Å². The van der Waals surface area contributed by atoms with E-state index in [1.54, 1.807) is 0 Å². The van der Waals surface area contributed by atoms with Crippen LogP contribution in [0.3, 0.4) is 0 Å². The van der Waals surface area contributed by atoms with Crippen LogP contribution in [0.4, 0.5) is 0 Å². The van der Waals surface area contributed by atoms with Gasteiger partial charge in [0.2, 0.25) is 5.91 Å². The highest BCUT2D eigenvalue weighted by atomic mass is 127. The Balaban J connectivity index is 0.00000392. The summed E-state index contributed by atoms with van der Waals surface area (Å²) < 4.78 is 0. The van der Waals surface area contributed by atoms with Gasteiger partial charge in [0.15, 0.2) is 5.96 Å². The minimum absolute atomic E-state index is 0. The molecule has 0 aliphatic carbocycles. The number of likely N-dealkylation sites (tertiary alicyclic amines) is 1. The third-order valence-electron chi connectivity index (χ3n) is 4.64. The average molecular weight is 501 g/mol. The van der Waals surface area contributed by atoms with E-state index in [0.717, 1.165) is 38.6 Å². The number of guanidine groups is 1. The molecule has 0 aromatic heterocycles. The van der Waals surface area contributed by atoms with Crippen molar-refractivity contribution < 1.29 is 4.79 Å². The molecule has 0 bridgehead atoms. The molecule has 2 rings (SSSR count). The van der Waals surface area contributed by atoms with Crippen LogP contribution < -0.4 is 16.0 Å². The second-order valence-electron chi connectivity index (χ2n) is 7.41. The highest BCUT2D eigenvalue weighted by Gasteiger charge is 2.20. The molecule has 0 radical (unpaired) electrons. The van der Waals surface area contributed by atoms with Crippen LogP contribution in [0.25, 0.3) is 0 Å². The van der Waals surface area contributed by atoms with Gasteiger partial charge in [-0.3, -0.25) is 14.7 Å². The van der Waals surface area contributed by atoms with Gasteiger partial charge in [0.25, 0.3) is 0 Å². The van der Waals surface area contributed by atoms with Crippen LogP contribution in [0.1, 0.15) is 39.2 Å². The normalized spacial score (nSPS) is 17.7. The summed E-state index contributed by atoms with van der Waals surface area (Å²) in [6.07, 6.45) is 2.34. The van der Waals surface area contributed by atoms with Crippen molar-refractivity contribution in [2.75, 3.05) is 32.7 Å². The molecule has 1 aromatic rings. The number of amides is 1. The summed E-state index contributed by atoms with van der Waals surface area (Å²) in [5, 5.41) is 9.79. The molecule has 158 valence electrons. The predicted octanol–water partition coefficient (Wildman–Crippen LogP) is 2.60. The second kappa shape index (κ2) is 13.8. The van der Waals surface area contributed by atoms with E-state index in [4.69, 9.17) is 0 Å². The largest absolute Gasteiger partial charge is 0.357 e. The van der Waals surface area contributed by atoms with Crippen LogP contribution >= 0.6 is 24.0 Å². The lowest BCUT2D eigenvalue weighted by atomic mass is 10.0. The minimum atomic E-state index is 0. The molecule has 1 saturated heterocycles. The first kappa shape index (κ1) is 24.7. The molecule has 0 saturated carbocycles. The number of hydrogen-bond acceptors (Lipinski definition) is 3. The maximum absolute atomic E-state index is 11.6. The minimum Gasteiger partial charge on any atom is -0.357 e. The van der Waals surface area contributed by atoms with E-state index < -0.39 is 0 Å². The molecular weight excluding hydrogens is 465 g/mol. The van der Waals surface area contributed by atoms with Gasteiger partial charge < -0.3 is 16.0 Å². The Hall–Kier alpha value is -1.35. The van der Waals surface area contributed by atoms with Crippen molar-refractivity contribution in [3.8, 4) is 0 Å². The van der Waals surface area contributed by atoms with E-state index in [1.165, 1.54) is 12.0 Å². The van der Waals surface area contributed by atoms with Crippen molar-refractivity contribution in [1.29, 1.82) is 0 Å². The number of nitrogens with zero attached hydrogens (tertiary/aromatic N) is 2. The number of piperidine rings is 1. The molecule has 1 amide bonds. The summed E-state index contributed by atoms with van der Waals surface area (Å²) in [4.78, 5) is 18.7. The third kappa shape index (κ3) is 9.23. The van der Waals surface area contributed by atoms with Gasteiger partial charge in [0.1, 0.15) is 0 Å². The fourth-order valence-electron chi connectivity index (χ4n) is 3.22. The first-order chi connectivity index (χ1) is 13.1. The maximum atomic E-state index is 11.6. The lowest BCUT2D eigenvalue weighted by Gasteiger charge is -2.34. The van der Waals surface area contributed by atoms with Crippen LogP contribution in [0.15, 0.2) is 35.3 Å². The zero-order chi connectivity index (χ0) is 19.5. The average Bonchev–Trinajstić information content (AvgIpc) is 2.66. The number of aliphatic imine (C=N–C) groups is 1. The van der Waals surface area contributed by atoms with Crippen LogP contribution in [-0.4, -0.2) is 55.5 Å². The van der Waals surface area contributed by atoms with E-state index >= 15 is 0 Å². The lowest BCUT2D eigenvalue weighted by Crippen LogP contribution is -2.51. The highest BCUT2D eigenvalue weighted by Crippen LogP contribution is 2.13. The Labute approximate surface area is 187 Å². The molecule has 7 heteroatoms. The highest BCUT2D eigenvalue weighted by molar-refractivity contribution is 14.0. The van der Waals surface area contributed by atoms with E-state index in [0.29, 0.717) is 19.1 Å². The summed E-state index contributed by atoms with van der Waals surface area (Å²) in [6.45, 7) is 11.0. The molecule has 1 unspecified atom stereocenters. The van der Waals surface area contributed by atoms with Crippen LogP contribution in [0, 0.1) is 5.92 Å². The van der Waals surface area contributed by atoms with Crippen molar-refractivity contribution in [1.82, 2.24) is 20.9 Å². The molecule has 28 heavy (non-hydrogen) atoms. The fourth-order valence-corrected chi connectivity index (χ4v) is 3.22. The number of benzene rings is 1. The molecular formula is C21H36IN5O. The summed E-state index contributed by atoms with van der Waals surface area (Å²) in [5.74, 6) is 0.924. The third-order valence-corrected chi connectivity index (χ3v) is 4.64. The van der Waals surface area contributed by atoms with Crippen LogP contribution in [0.2, 0.25) is 0 Å². The summed E-state index contributed by atoms with van der Waals surface area (Å²) in [7, 11) is 0. The first-order valence-corrected chi connectivity index (χ1v) is 10.2. The number of carbonyl (C=O) groups is 1. The number of rotatable bonds is 8. The molecule has 3 N–H and O–H groups in total. The van der Waals surface area contributed by atoms with E-state index in [9.17, 15) is 4.79 Å². The van der Waals surface area contributed by atoms with E-state index in [1.807, 2.05) is 13.8 Å². The van der Waals surface area contributed by atoms with Gasteiger partial charge in [0, 0.05) is 38.1 Å². The predicted molar refractivity (Wildman–Crippen MR) is 127 cm³/mol. The second-order valence-corrected chi connectivity index (χ2v) is 7.41. The number of halogens is 1. The van der Waals surface area contributed by atoms with Gasteiger partial charge in [-0.1, -0.05) is 44.2 Å². The zero-order valence-electron chi connectivity index (χ0n) is 17.4. The van der Waals surface area contributed by atoms with Crippen molar-refractivity contribution in [3.63, 3.8) is 0 Å². The van der Waals surface area contributed by atoms with Crippen molar-refractivity contribution >= 4 is 35.8 Å². The van der Waals surface area contributed by atoms with E-state index in [-0.39, 0.29) is 35.8 Å². The Morgan fingerprint density at radius 3 is 2.68 bits per heavy atom. The maximum Gasteiger partial charge on any atom is 0.222 e. The summed E-state index contributed by atoms with van der Waals surface area (Å²) in [6, 6.07) is 11.0. The van der Waals surface area contributed by atoms with E-state index in [2.05, 4.69) is 63.1 Å².